The molecule has 0 saturated carbocycles. The summed E-state index contributed by atoms with van der Waals surface area (Å²) in [5.74, 6) is -0.322. The second kappa shape index (κ2) is 3.18. The number of nitrogens with one attached hydrogen (secondary N) is 1. The van der Waals surface area contributed by atoms with Crippen LogP contribution in [0.5, 0.6) is 0 Å². The van der Waals surface area contributed by atoms with E-state index in [-0.39, 0.29) is 5.91 Å². The van der Waals surface area contributed by atoms with Crippen molar-refractivity contribution in [2.45, 2.75) is 19.8 Å². The fraction of sp³-hybridized carbons (Fsp3) is 0.273. The highest BCUT2D eigenvalue weighted by molar-refractivity contribution is 7.14. The lowest BCUT2D eigenvalue weighted by Crippen LogP contribution is -2.13. The van der Waals surface area contributed by atoms with Crippen LogP contribution in [0, 0.1) is 6.92 Å². The number of rotatable bonds is 1. The van der Waals surface area contributed by atoms with Crippen molar-refractivity contribution in [3.8, 4) is 11.3 Å². The highest BCUT2D eigenvalue weighted by atomic mass is 32.1. The molecule has 0 saturated heterocycles. The summed E-state index contributed by atoms with van der Waals surface area (Å²) in [5, 5.41) is 7.07. The van der Waals surface area contributed by atoms with Crippen LogP contribution in [0.3, 0.4) is 0 Å². The predicted molar refractivity (Wildman–Crippen MR) is 62.6 cm³/mol. The van der Waals surface area contributed by atoms with Gasteiger partial charge >= 0.3 is 0 Å². The Bertz CT molecular complexity index is 582. The average molecular weight is 233 g/mol. The minimum atomic E-state index is -0.322. The highest BCUT2D eigenvalue weighted by Crippen LogP contribution is 2.40. The van der Waals surface area contributed by atoms with Gasteiger partial charge < -0.3 is 5.73 Å². The van der Waals surface area contributed by atoms with Crippen molar-refractivity contribution in [3.05, 3.63) is 27.1 Å². The molecule has 0 fully saturated rings. The first-order chi connectivity index (χ1) is 7.68. The molecule has 0 spiro atoms. The second-order valence-corrected chi connectivity index (χ2v) is 5.20. The fourth-order valence-electron chi connectivity index (χ4n) is 2.33. The molecule has 2 heterocycles. The molecule has 3 N–H and O–H groups in total. The summed E-state index contributed by atoms with van der Waals surface area (Å²) in [6, 6.07) is 0. The van der Waals surface area contributed by atoms with E-state index in [0.29, 0.717) is 4.88 Å². The molecule has 0 bridgehead atoms. The Hall–Kier alpha value is -1.62. The number of thiophene rings is 1. The van der Waals surface area contributed by atoms with Crippen molar-refractivity contribution in [1.29, 1.82) is 0 Å². The van der Waals surface area contributed by atoms with Gasteiger partial charge in [-0.25, -0.2) is 0 Å². The SMILES string of the molecule is Cc1sc(C(N)=O)c2c1-c1[nH]ncc1CC2. The molecule has 0 radical (unpaired) electrons. The zero-order valence-corrected chi connectivity index (χ0v) is 9.65. The predicted octanol–water partition coefficient (Wildman–Crippen LogP) is 1.64. The number of primary amides is 1. The zero-order chi connectivity index (χ0) is 11.3. The number of fused-ring (bicyclic) bond motifs is 3. The number of carbonyl (C=O) groups excluding carboxylic acids is 1. The van der Waals surface area contributed by atoms with Gasteiger partial charge in [-0.1, -0.05) is 0 Å². The molecule has 0 atom stereocenters. The Morgan fingerprint density at radius 1 is 1.56 bits per heavy atom. The lowest BCUT2D eigenvalue weighted by Gasteiger charge is -2.13. The van der Waals surface area contributed by atoms with Gasteiger partial charge in [0.2, 0.25) is 0 Å². The number of aryl methyl sites for hydroxylation is 2. The quantitative estimate of drug-likeness (QED) is 0.786. The smallest absolute Gasteiger partial charge is 0.259 e. The first-order valence-electron chi connectivity index (χ1n) is 5.13. The molecule has 1 aliphatic carbocycles. The van der Waals surface area contributed by atoms with Crippen molar-refractivity contribution in [2.75, 3.05) is 0 Å². The average Bonchev–Trinajstić information content (AvgIpc) is 2.81. The van der Waals surface area contributed by atoms with Crippen molar-refractivity contribution >= 4 is 17.2 Å². The first kappa shape index (κ1) is 9.59. The maximum atomic E-state index is 11.3. The van der Waals surface area contributed by atoms with E-state index in [1.165, 1.54) is 16.9 Å². The number of carbonyl (C=O) groups is 1. The number of nitrogens with zero attached hydrogens (tertiary/aromatic N) is 1. The van der Waals surface area contributed by atoms with E-state index in [2.05, 4.69) is 10.2 Å². The van der Waals surface area contributed by atoms with Crippen LogP contribution in [0.1, 0.15) is 25.7 Å². The van der Waals surface area contributed by atoms with Crippen LogP contribution >= 0.6 is 11.3 Å². The summed E-state index contributed by atoms with van der Waals surface area (Å²) in [5.41, 5.74) is 9.90. The fourth-order valence-corrected chi connectivity index (χ4v) is 3.39. The molecule has 4 nitrogen and oxygen atoms in total. The van der Waals surface area contributed by atoms with E-state index in [0.717, 1.165) is 34.5 Å². The van der Waals surface area contributed by atoms with Crippen molar-refractivity contribution < 1.29 is 4.79 Å². The third-order valence-electron chi connectivity index (χ3n) is 3.02. The van der Waals surface area contributed by atoms with Crippen molar-refractivity contribution in [3.63, 3.8) is 0 Å². The molecule has 2 aromatic rings. The van der Waals surface area contributed by atoms with E-state index >= 15 is 0 Å². The number of hydrogen-bond acceptors (Lipinski definition) is 3. The molecule has 0 aromatic carbocycles. The Morgan fingerprint density at radius 2 is 2.38 bits per heavy atom. The van der Waals surface area contributed by atoms with Gasteiger partial charge in [0.1, 0.15) is 0 Å². The number of aromatic amines is 1. The third-order valence-corrected chi connectivity index (χ3v) is 4.18. The molecule has 3 rings (SSSR count). The molecular formula is C11H11N3OS. The van der Waals surface area contributed by atoms with Crippen LogP contribution in [0.15, 0.2) is 6.20 Å². The van der Waals surface area contributed by atoms with Crippen molar-refractivity contribution in [1.82, 2.24) is 10.2 Å². The standard InChI is InChI=1S/C11H11N3OS/c1-5-8-7(10(16-5)11(12)15)3-2-6-4-13-14-9(6)8/h4H,2-3H2,1H3,(H2,12,15)(H,13,14). The highest BCUT2D eigenvalue weighted by Gasteiger charge is 2.26. The maximum Gasteiger partial charge on any atom is 0.259 e. The maximum absolute atomic E-state index is 11.3. The van der Waals surface area contributed by atoms with E-state index in [9.17, 15) is 4.79 Å². The molecule has 5 heteroatoms. The lowest BCUT2D eigenvalue weighted by molar-refractivity contribution is 0.100. The van der Waals surface area contributed by atoms with E-state index in [1.54, 1.807) is 0 Å². The number of nitrogens with two attached hydrogens (primary N) is 1. The molecule has 1 amide bonds. The van der Waals surface area contributed by atoms with E-state index in [1.807, 2.05) is 13.1 Å². The minimum Gasteiger partial charge on any atom is -0.365 e. The largest absolute Gasteiger partial charge is 0.365 e. The van der Waals surface area contributed by atoms with Crippen LogP contribution in [0.25, 0.3) is 11.3 Å². The Kier molecular flexibility index (Phi) is 1.91. The minimum absolute atomic E-state index is 0.322. The molecule has 82 valence electrons. The summed E-state index contributed by atoms with van der Waals surface area (Å²) in [6.07, 6.45) is 3.67. The normalized spacial score (nSPS) is 13.3. The topological polar surface area (TPSA) is 71.8 Å². The van der Waals surface area contributed by atoms with Gasteiger partial charge in [-0.05, 0) is 30.9 Å². The van der Waals surface area contributed by atoms with E-state index < -0.39 is 0 Å². The second-order valence-electron chi connectivity index (χ2n) is 3.98. The molecule has 2 aromatic heterocycles. The van der Waals surface area contributed by atoms with Gasteiger partial charge in [-0.15, -0.1) is 11.3 Å². The monoisotopic (exact) mass is 233 g/mol. The molecule has 16 heavy (non-hydrogen) atoms. The Morgan fingerprint density at radius 3 is 3.12 bits per heavy atom. The number of H-pyrrole nitrogens is 1. The summed E-state index contributed by atoms with van der Waals surface area (Å²) < 4.78 is 0. The van der Waals surface area contributed by atoms with Crippen LogP contribution in [-0.2, 0) is 12.8 Å². The van der Waals surface area contributed by atoms with E-state index in [4.69, 9.17) is 5.73 Å². The number of aromatic nitrogens is 2. The van der Waals surface area contributed by atoms with Crippen LogP contribution in [-0.4, -0.2) is 16.1 Å². The van der Waals surface area contributed by atoms with Gasteiger partial charge in [0.25, 0.3) is 5.91 Å². The first-order valence-corrected chi connectivity index (χ1v) is 5.95. The molecule has 1 aliphatic rings. The van der Waals surface area contributed by atoms with Gasteiger partial charge in [-0.3, -0.25) is 9.89 Å². The Balaban J connectivity index is 2.30. The number of amides is 1. The van der Waals surface area contributed by atoms with Crippen molar-refractivity contribution in [2.24, 2.45) is 5.73 Å². The molecule has 0 aliphatic heterocycles. The summed E-state index contributed by atoms with van der Waals surface area (Å²) >= 11 is 1.48. The van der Waals surface area contributed by atoms with Gasteiger partial charge in [0, 0.05) is 10.4 Å². The lowest BCUT2D eigenvalue weighted by atomic mass is 9.91. The summed E-state index contributed by atoms with van der Waals surface area (Å²) in [6.45, 7) is 2.02. The molecule has 0 unspecified atom stereocenters. The van der Waals surface area contributed by atoms with Crippen LogP contribution in [0.2, 0.25) is 0 Å². The summed E-state index contributed by atoms with van der Waals surface area (Å²) in [4.78, 5) is 13.2. The van der Waals surface area contributed by atoms with Crippen LogP contribution < -0.4 is 5.73 Å². The Labute approximate surface area is 96.5 Å². The summed E-state index contributed by atoms with van der Waals surface area (Å²) in [7, 11) is 0. The molecular weight excluding hydrogens is 222 g/mol. The van der Waals surface area contributed by atoms with Gasteiger partial charge in [-0.2, -0.15) is 5.10 Å². The number of hydrogen-bond donors (Lipinski definition) is 2. The van der Waals surface area contributed by atoms with Gasteiger partial charge in [0.05, 0.1) is 16.8 Å². The zero-order valence-electron chi connectivity index (χ0n) is 8.83. The van der Waals surface area contributed by atoms with Gasteiger partial charge in [0.15, 0.2) is 0 Å². The third kappa shape index (κ3) is 1.15. The van der Waals surface area contributed by atoms with Crippen LogP contribution in [0.4, 0.5) is 0 Å².